The molecule has 0 bridgehead atoms. The molecule has 0 aromatic heterocycles. The van der Waals surface area contributed by atoms with Crippen molar-refractivity contribution >= 4 is 5.91 Å². The zero-order valence-electron chi connectivity index (χ0n) is 16.3. The third-order valence-electron chi connectivity index (χ3n) is 4.24. The summed E-state index contributed by atoms with van der Waals surface area (Å²) in [6.07, 6.45) is 0. The van der Waals surface area contributed by atoms with E-state index in [2.05, 4.69) is 10.1 Å². The molecule has 0 aliphatic carbocycles. The van der Waals surface area contributed by atoms with E-state index in [-0.39, 0.29) is 17.9 Å². The average Bonchev–Trinajstić information content (AvgIpc) is 2.76. The lowest BCUT2D eigenvalue weighted by atomic mass is 10.1. The maximum atomic E-state index is 12.3. The summed E-state index contributed by atoms with van der Waals surface area (Å²) in [4.78, 5) is 12.3. The predicted molar refractivity (Wildman–Crippen MR) is 108 cm³/mol. The summed E-state index contributed by atoms with van der Waals surface area (Å²) in [6, 6.07) is 20.8. The van der Waals surface area contributed by atoms with E-state index in [0.29, 0.717) is 18.1 Å². The van der Waals surface area contributed by atoms with E-state index in [1.54, 1.807) is 19.2 Å². The number of halogens is 2. The molecule has 1 N–H and O–H groups in total. The maximum Gasteiger partial charge on any atom is 0.387 e. The lowest BCUT2D eigenvalue weighted by molar-refractivity contribution is -0.0498. The summed E-state index contributed by atoms with van der Waals surface area (Å²) < 4.78 is 40.2. The molecule has 5 nitrogen and oxygen atoms in total. The van der Waals surface area contributed by atoms with E-state index in [1.807, 2.05) is 36.4 Å². The van der Waals surface area contributed by atoms with Crippen LogP contribution in [0.5, 0.6) is 17.2 Å². The van der Waals surface area contributed by atoms with Crippen molar-refractivity contribution in [1.82, 2.24) is 5.32 Å². The third-order valence-corrected chi connectivity index (χ3v) is 4.24. The normalized spacial score (nSPS) is 10.5. The van der Waals surface area contributed by atoms with Crippen molar-refractivity contribution < 1.29 is 27.8 Å². The van der Waals surface area contributed by atoms with Gasteiger partial charge >= 0.3 is 6.61 Å². The van der Waals surface area contributed by atoms with Crippen LogP contribution in [0.4, 0.5) is 8.78 Å². The first kappa shape index (κ1) is 21.1. The molecule has 0 aliphatic heterocycles. The van der Waals surface area contributed by atoms with Gasteiger partial charge in [-0.2, -0.15) is 8.78 Å². The SMILES string of the molecule is COc1cc(CNC(=O)c2cccc(OC(F)F)c2)ccc1OCc1ccccc1. The summed E-state index contributed by atoms with van der Waals surface area (Å²) in [6.45, 7) is -2.31. The van der Waals surface area contributed by atoms with Gasteiger partial charge in [-0.25, -0.2) is 0 Å². The van der Waals surface area contributed by atoms with Crippen molar-refractivity contribution in [2.24, 2.45) is 0 Å². The van der Waals surface area contributed by atoms with Crippen LogP contribution in [0.15, 0.2) is 72.8 Å². The fourth-order valence-corrected chi connectivity index (χ4v) is 2.77. The van der Waals surface area contributed by atoms with Gasteiger partial charge in [0.05, 0.1) is 7.11 Å². The third kappa shape index (κ3) is 5.94. The molecule has 3 aromatic rings. The van der Waals surface area contributed by atoms with Gasteiger partial charge in [-0.15, -0.1) is 0 Å². The van der Waals surface area contributed by atoms with Gasteiger partial charge < -0.3 is 19.5 Å². The highest BCUT2D eigenvalue weighted by Crippen LogP contribution is 2.29. The molecule has 30 heavy (non-hydrogen) atoms. The molecule has 7 heteroatoms. The Labute approximate surface area is 173 Å². The van der Waals surface area contributed by atoms with Crippen LogP contribution in [0, 0.1) is 0 Å². The van der Waals surface area contributed by atoms with Gasteiger partial charge in [0.15, 0.2) is 11.5 Å². The van der Waals surface area contributed by atoms with Crippen LogP contribution in [0.25, 0.3) is 0 Å². The molecule has 0 aliphatic rings. The van der Waals surface area contributed by atoms with E-state index in [9.17, 15) is 13.6 Å². The summed E-state index contributed by atoms with van der Waals surface area (Å²) in [5, 5.41) is 2.75. The molecule has 156 valence electrons. The first-order valence-corrected chi connectivity index (χ1v) is 9.22. The molecular weight excluding hydrogens is 392 g/mol. The second kappa shape index (κ2) is 10.2. The summed E-state index contributed by atoms with van der Waals surface area (Å²) in [5.41, 5.74) is 2.06. The fraction of sp³-hybridized carbons (Fsp3) is 0.174. The van der Waals surface area contributed by atoms with Crippen LogP contribution in [-0.2, 0) is 13.2 Å². The minimum Gasteiger partial charge on any atom is -0.493 e. The van der Waals surface area contributed by atoms with Gasteiger partial charge in [-0.3, -0.25) is 4.79 Å². The van der Waals surface area contributed by atoms with Gasteiger partial charge in [0, 0.05) is 12.1 Å². The lowest BCUT2D eigenvalue weighted by Crippen LogP contribution is -2.22. The minimum atomic E-state index is -2.95. The number of alkyl halides is 2. The van der Waals surface area contributed by atoms with Crippen molar-refractivity contribution in [2.45, 2.75) is 19.8 Å². The standard InChI is InChI=1S/C23H21F2NO4/c1-28-21-12-17(10-11-20(21)29-15-16-6-3-2-4-7-16)14-26-22(27)18-8-5-9-19(13-18)30-23(24)25/h2-13,23H,14-15H2,1H3,(H,26,27). The summed E-state index contributed by atoms with van der Waals surface area (Å²) in [7, 11) is 1.54. The number of nitrogens with one attached hydrogen (secondary N) is 1. The molecule has 0 spiro atoms. The van der Waals surface area contributed by atoms with Crippen LogP contribution in [0.3, 0.4) is 0 Å². The van der Waals surface area contributed by atoms with E-state index < -0.39 is 12.5 Å². The van der Waals surface area contributed by atoms with Crippen molar-refractivity contribution in [3.63, 3.8) is 0 Å². The van der Waals surface area contributed by atoms with E-state index in [0.717, 1.165) is 11.1 Å². The Balaban J connectivity index is 1.60. The van der Waals surface area contributed by atoms with Gasteiger partial charge in [-0.05, 0) is 41.5 Å². The summed E-state index contributed by atoms with van der Waals surface area (Å²) in [5.74, 6) is 0.663. The summed E-state index contributed by atoms with van der Waals surface area (Å²) >= 11 is 0. The first-order valence-electron chi connectivity index (χ1n) is 9.22. The van der Waals surface area contributed by atoms with E-state index in [4.69, 9.17) is 9.47 Å². The molecule has 3 rings (SSSR count). The number of amides is 1. The molecule has 3 aromatic carbocycles. The second-order valence-electron chi connectivity index (χ2n) is 6.35. The van der Waals surface area contributed by atoms with Crippen LogP contribution in [0.1, 0.15) is 21.5 Å². The Morgan fingerprint density at radius 2 is 1.73 bits per heavy atom. The average molecular weight is 413 g/mol. The largest absolute Gasteiger partial charge is 0.493 e. The van der Waals surface area contributed by atoms with Gasteiger partial charge in [0.2, 0.25) is 0 Å². The topological polar surface area (TPSA) is 56.8 Å². The fourth-order valence-electron chi connectivity index (χ4n) is 2.77. The lowest BCUT2D eigenvalue weighted by Gasteiger charge is -2.13. The number of hydrogen-bond donors (Lipinski definition) is 1. The number of hydrogen-bond acceptors (Lipinski definition) is 4. The molecule has 0 radical (unpaired) electrons. The molecule has 0 heterocycles. The Hall–Kier alpha value is -3.61. The highest BCUT2D eigenvalue weighted by Gasteiger charge is 2.11. The number of benzene rings is 3. The quantitative estimate of drug-likeness (QED) is 0.547. The van der Waals surface area contributed by atoms with Gasteiger partial charge in [0.1, 0.15) is 12.4 Å². The Morgan fingerprint density at radius 3 is 2.47 bits per heavy atom. The van der Waals surface area contributed by atoms with Crippen molar-refractivity contribution in [3.8, 4) is 17.2 Å². The van der Waals surface area contributed by atoms with Crippen molar-refractivity contribution in [1.29, 1.82) is 0 Å². The highest BCUT2D eigenvalue weighted by molar-refractivity contribution is 5.94. The molecule has 0 fully saturated rings. The number of ether oxygens (including phenoxy) is 3. The Kier molecular flexibility index (Phi) is 7.21. The smallest absolute Gasteiger partial charge is 0.387 e. The second-order valence-corrected chi connectivity index (χ2v) is 6.35. The first-order chi connectivity index (χ1) is 14.5. The van der Waals surface area contributed by atoms with Crippen LogP contribution in [0.2, 0.25) is 0 Å². The number of methoxy groups -OCH3 is 1. The van der Waals surface area contributed by atoms with Crippen molar-refractivity contribution in [2.75, 3.05) is 7.11 Å². The number of carbonyl (C=O) groups excluding carboxylic acids is 1. The molecular formula is C23H21F2NO4. The molecule has 0 unspecified atom stereocenters. The predicted octanol–water partition coefficient (Wildman–Crippen LogP) is 4.81. The maximum absolute atomic E-state index is 12.3. The van der Waals surface area contributed by atoms with Crippen LogP contribution < -0.4 is 19.5 Å². The number of rotatable bonds is 9. The van der Waals surface area contributed by atoms with Crippen LogP contribution >= 0.6 is 0 Å². The molecule has 0 saturated heterocycles. The molecule has 0 saturated carbocycles. The van der Waals surface area contributed by atoms with Crippen molar-refractivity contribution in [3.05, 3.63) is 89.5 Å². The van der Waals surface area contributed by atoms with E-state index in [1.165, 1.54) is 24.3 Å². The zero-order valence-corrected chi connectivity index (χ0v) is 16.3. The molecule has 1 amide bonds. The Bertz CT molecular complexity index is 980. The molecule has 0 atom stereocenters. The van der Waals surface area contributed by atoms with Gasteiger partial charge in [-0.1, -0.05) is 42.5 Å². The monoisotopic (exact) mass is 413 g/mol. The van der Waals surface area contributed by atoms with Gasteiger partial charge in [0.25, 0.3) is 5.91 Å². The van der Waals surface area contributed by atoms with E-state index >= 15 is 0 Å². The minimum absolute atomic E-state index is 0.0702. The zero-order chi connectivity index (χ0) is 21.3. The van der Waals surface area contributed by atoms with Crippen LogP contribution in [-0.4, -0.2) is 19.6 Å². The Morgan fingerprint density at radius 1 is 0.933 bits per heavy atom. The highest BCUT2D eigenvalue weighted by atomic mass is 19.3. The number of carbonyl (C=O) groups is 1.